The van der Waals surface area contributed by atoms with Crippen molar-refractivity contribution in [2.24, 2.45) is 0 Å². The maximum absolute atomic E-state index is 12.9. The molecular weight excluding hydrogens is 399 g/mol. The monoisotopic (exact) mass is 414 g/mol. The van der Waals surface area contributed by atoms with Crippen molar-refractivity contribution >= 4 is 29.0 Å². The van der Waals surface area contributed by atoms with Crippen LogP contribution >= 0.6 is 23.1 Å². The highest BCUT2D eigenvalue weighted by Crippen LogP contribution is 2.26. The van der Waals surface area contributed by atoms with E-state index in [9.17, 15) is 14.4 Å². The molecule has 0 aliphatic rings. The molecule has 7 nitrogen and oxygen atoms in total. The van der Waals surface area contributed by atoms with E-state index in [-0.39, 0.29) is 23.3 Å². The number of amides is 1. The summed E-state index contributed by atoms with van der Waals surface area (Å²) in [6, 6.07) is 8.02. The molecule has 1 N–H and O–H groups in total. The number of benzene rings is 1. The van der Waals surface area contributed by atoms with Gasteiger partial charge in [0.1, 0.15) is 33.3 Å². The van der Waals surface area contributed by atoms with Crippen molar-refractivity contribution in [3.8, 4) is 6.07 Å². The molecule has 0 bridgehead atoms. The van der Waals surface area contributed by atoms with Crippen molar-refractivity contribution in [2.75, 3.05) is 0 Å². The molecule has 28 heavy (non-hydrogen) atoms. The van der Waals surface area contributed by atoms with Gasteiger partial charge in [-0.3, -0.25) is 4.79 Å². The smallest absolute Gasteiger partial charge is 0.282 e. The number of aromatic nitrogens is 4. The van der Waals surface area contributed by atoms with E-state index in [4.69, 9.17) is 0 Å². The van der Waals surface area contributed by atoms with Crippen LogP contribution in [0.1, 0.15) is 37.5 Å². The van der Waals surface area contributed by atoms with E-state index in [2.05, 4.69) is 31.6 Å². The lowest BCUT2D eigenvalue weighted by atomic mass is 10.2. The summed E-state index contributed by atoms with van der Waals surface area (Å²) in [5.74, 6) is 0.365. The van der Waals surface area contributed by atoms with Gasteiger partial charge in [-0.15, -0.1) is 10.2 Å². The summed E-state index contributed by atoms with van der Waals surface area (Å²) in [6.07, 6.45) is 0. The lowest BCUT2D eigenvalue weighted by Crippen LogP contribution is -2.22. The van der Waals surface area contributed by atoms with Crippen molar-refractivity contribution < 1.29 is 9.18 Å². The first-order valence-electron chi connectivity index (χ1n) is 8.19. The first-order chi connectivity index (χ1) is 13.5. The Balaban J connectivity index is 1.60. The fourth-order valence-corrected chi connectivity index (χ4v) is 4.12. The predicted molar refractivity (Wildman–Crippen MR) is 103 cm³/mol. The Morgan fingerprint density at radius 3 is 2.71 bits per heavy atom. The zero-order valence-corrected chi connectivity index (χ0v) is 16.7. The first-order valence-corrected chi connectivity index (χ1v) is 9.99. The van der Waals surface area contributed by atoms with Crippen LogP contribution in [-0.2, 0) is 12.3 Å². The standard InChI is InChI=1S/C18H15FN6OS2/c1-10-14(7-20)17(23-11(2)22-10)27-9-15-24-25-18(28-15)16(26)21-8-12-3-5-13(19)6-4-12/h3-6H,8-9H2,1-2H3,(H,21,26). The van der Waals surface area contributed by atoms with Gasteiger partial charge in [-0.25, -0.2) is 14.4 Å². The number of halogens is 1. The second-order valence-electron chi connectivity index (χ2n) is 5.75. The number of nitriles is 1. The lowest BCUT2D eigenvalue weighted by molar-refractivity contribution is 0.0950. The van der Waals surface area contributed by atoms with Gasteiger partial charge < -0.3 is 5.32 Å². The van der Waals surface area contributed by atoms with Gasteiger partial charge in [0, 0.05) is 6.54 Å². The molecule has 2 aromatic heterocycles. The van der Waals surface area contributed by atoms with E-state index in [1.165, 1.54) is 35.2 Å². The molecule has 142 valence electrons. The summed E-state index contributed by atoms with van der Waals surface area (Å²) in [7, 11) is 0. The molecule has 0 aliphatic heterocycles. The highest BCUT2D eigenvalue weighted by Gasteiger charge is 2.15. The Hall–Kier alpha value is -2.90. The highest BCUT2D eigenvalue weighted by atomic mass is 32.2. The molecule has 0 unspecified atom stereocenters. The third-order valence-electron chi connectivity index (χ3n) is 3.64. The van der Waals surface area contributed by atoms with Crippen molar-refractivity contribution in [1.29, 1.82) is 5.26 Å². The van der Waals surface area contributed by atoms with E-state index in [1.807, 2.05) is 0 Å². The number of nitrogens with zero attached hydrogens (tertiary/aromatic N) is 5. The van der Waals surface area contributed by atoms with Gasteiger partial charge in [-0.1, -0.05) is 35.2 Å². The topological polar surface area (TPSA) is 104 Å². The Bertz CT molecular complexity index is 1050. The number of hydrogen-bond acceptors (Lipinski definition) is 8. The van der Waals surface area contributed by atoms with E-state index in [1.54, 1.807) is 26.0 Å². The van der Waals surface area contributed by atoms with Gasteiger partial charge in [0.15, 0.2) is 0 Å². The summed E-state index contributed by atoms with van der Waals surface area (Å²) in [4.78, 5) is 20.7. The quantitative estimate of drug-likeness (QED) is 0.488. The summed E-state index contributed by atoms with van der Waals surface area (Å²) < 4.78 is 12.9. The molecule has 0 spiro atoms. The van der Waals surface area contributed by atoms with Gasteiger partial charge in [-0.2, -0.15) is 5.26 Å². The molecular formula is C18H15FN6OS2. The fourth-order valence-electron chi connectivity index (χ4n) is 2.31. The van der Waals surface area contributed by atoms with E-state index in [0.717, 1.165) is 5.56 Å². The SMILES string of the molecule is Cc1nc(C)c(C#N)c(SCc2nnc(C(=O)NCc3ccc(F)cc3)s2)n1. The second kappa shape index (κ2) is 8.86. The van der Waals surface area contributed by atoms with Crippen LogP contribution in [-0.4, -0.2) is 26.1 Å². The average molecular weight is 414 g/mol. The molecule has 10 heteroatoms. The van der Waals surface area contributed by atoms with Gasteiger partial charge in [0.25, 0.3) is 5.91 Å². The molecule has 2 heterocycles. The van der Waals surface area contributed by atoms with Gasteiger partial charge >= 0.3 is 0 Å². The Kier molecular flexibility index (Phi) is 6.28. The van der Waals surface area contributed by atoms with Crippen LogP contribution < -0.4 is 5.32 Å². The highest BCUT2D eigenvalue weighted by molar-refractivity contribution is 7.98. The number of carbonyl (C=O) groups excluding carboxylic acids is 1. The zero-order chi connectivity index (χ0) is 20.1. The van der Waals surface area contributed by atoms with Crippen molar-refractivity contribution in [2.45, 2.75) is 31.2 Å². The Morgan fingerprint density at radius 1 is 1.25 bits per heavy atom. The van der Waals surface area contributed by atoms with E-state index < -0.39 is 0 Å². The van der Waals surface area contributed by atoms with Crippen LogP contribution in [0.15, 0.2) is 29.3 Å². The van der Waals surface area contributed by atoms with Crippen LogP contribution in [0.5, 0.6) is 0 Å². The number of aryl methyl sites for hydroxylation is 2. The van der Waals surface area contributed by atoms with E-state index >= 15 is 0 Å². The van der Waals surface area contributed by atoms with Gasteiger partial charge in [0.2, 0.25) is 5.01 Å². The molecule has 1 aromatic carbocycles. The molecule has 0 atom stereocenters. The molecule has 1 amide bonds. The largest absolute Gasteiger partial charge is 0.346 e. The number of nitrogens with one attached hydrogen (secondary N) is 1. The number of carbonyl (C=O) groups is 1. The van der Waals surface area contributed by atoms with E-state index in [0.29, 0.717) is 32.9 Å². The van der Waals surface area contributed by atoms with Crippen LogP contribution in [0, 0.1) is 31.0 Å². The number of hydrogen-bond donors (Lipinski definition) is 1. The van der Waals surface area contributed by atoms with Crippen LogP contribution in [0.25, 0.3) is 0 Å². The maximum atomic E-state index is 12.9. The van der Waals surface area contributed by atoms with Crippen molar-refractivity contribution in [1.82, 2.24) is 25.5 Å². The Morgan fingerprint density at radius 2 is 2.00 bits per heavy atom. The van der Waals surface area contributed by atoms with Crippen LogP contribution in [0.2, 0.25) is 0 Å². The third-order valence-corrected chi connectivity index (χ3v) is 5.73. The van der Waals surface area contributed by atoms with Crippen molar-refractivity contribution in [3.63, 3.8) is 0 Å². The molecule has 0 saturated carbocycles. The minimum absolute atomic E-state index is 0.244. The van der Waals surface area contributed by atoms with Gasteiger partial charge in [-0.05, 0) is 31.5 Å². The average Bonchev–Trinajstić information content (AvgIpc) is 3.14. The number of rotatable bonds is 6. The summed E-state index contributed by atoms with van der Waals surface area (Å²) in [6.45, 7) is 3.81. The van der Waals surface area contributed by atoms with Gasteiger partial charge in [0.05, 0.1) is 11.4 Å². The normalized spacial score (nSPS) is 10.5. The fraction of sp³-hybridized carbons (Fsp3) is 0.222. The number of thioether (sulfide) groups is 1. The zero-order valence-electron chi connectivity index (χ0n) is 15.1. The molecule has 0 fully saturated rings. The molecule has 0 radical (unpaired) electrons. The minimum Gasteiger partial charge on any atom is -0.346 e. The van der Waals surface area contributed by atoms with Crippen LogP contribution in [0.3, 0.4) is 0 Å². The summed E-state index contributed by atoms with van der Waals surface area (Å²) in [5.41, 5.74) is 1.86. The minimum atomic E-state index is -0.343. The summed E-state index contributed by atoms with van der Waals surface area (Å²) in [5, 5.41) is 21.4. The first kappa shape index (κ1) is 19.9. The molecule has 0 aliphatic carbocycles. The third kappa shape index (κ3) is 4.88. The second-order valence-corrected chi connectivity index (χ2v) is 7.77. The molecule has 0 saturated heterocycles. The summed E-state index contributed by atoms with van der Waals surface area (Å²) >= 11 is 2.54. The van der Waals surface area contributed by atoms with Crippen LogP contribution in [0.4, 0.5) is 4.39 Å². The molecule has 3 rings (SSSR count). The maximum Gasteiger partial charge on any atom is 0.282 e. The molecule has 3 aromatic rings. The predicted octanol–water partition coefficient (Wildman–Crippen LogP) is 3.18. The Labute approximate surface area is 169 Å². The lowest BCUT2D eigenvalue weighted by Gasteiger charge is -2.05. The van der Waals surface area contributed by atoms with Crippen molar-refractivity contribution in [3.05, 3.63) is 62.7 Å².